The highest BCUT2D eigenvalue weighted by Gasteiger charge is 2.24. The molecule has 0 fully saturated rings. The number of benzene rings is 1. The van der Waals surface area contributed by atoms with Crippen molar-refractivity contribution in [1.29, 1.82) is 0 Å². The molecule has 1 aliphatic rings. The molecule has 3 aromatic rings. The Morgan fingerprint density at radius 1 is 1.00 bits per heavy atom. The van der Waals surface area contributed by atoms with Gasteiger partial charge in [-0.2, -0.15) is 0 Å². The van der Waals surface area contributed by atoms with Crippen LogP contribution in [0.1, 0.15) is 42.6 Å². The molecule has 0 unspecified atom stereocenters. The molecule has 0 aliphatic carbocycles. The summed E-state index contributed by atoms with van der Waals surface area (Å²) in [5.41, 5.74) is 3.55. The molecule has 0 bridgehead atoms. The number of nitrogens with zero attached hydrogens (tertiary/aromatic N) is 2. The summed E-state index contributed by atoms with van der Waals surface area (Å²) in [5.74, 6) is 1.09. The minimum atomic E-state index is -0.0463. The van der Waals surface area contributed by atoms with E-state index >= 15 is 0 Å². The van der Waals surface area contributed by atoms with Gasteiger partial charge in [0.25, 0.3) is 5.91 Å². The lowest BCUT2D eigenvalue weighted by Crippen LogP contribution is -2.37. The topological polar surface area (TPSA) is 38.4 Å². The van der Waals surface area contributed by atoms with Crippen LogP contribution in [0.15, 0.2) is 59.1 Å². The third kappa shape index (κ3) is 3.07. The fourth-order valence-electron chi connectivity index (χ4n) is 3.39. The average Bonchev–Trinajstić information content (AvgIpc) is 3.29. The van der Waals surface area contributed by atoms with Crippen LogP contribution in [-0.4, -0.2) is 21.9 Å². The van der Waals surface area contributed by atoms with Crippen LogP contribution in [0.5, 0.6) is 0 Å². The zero-order valence-corrected chi connectivity index (χ0v) is 15.5. The number of furan rings is 1. The van der Waals surface area contributed by atoms with Crippen LogP contribution in [-0.2, 0) is 18.5 Å². The van der Waals surface area contributed by atoms with Crippen molar-refractivity contribution in [2.45, 2.75) is 39.3 Å². The lowest BCUT2D eigenvalue weighted by atomic mass is 9.86. The third-order valence-corrected chi connectivity index (χ3v) is 5.03. The van der Waals surface area contributed by atoms with Crippen molar-refractivity contribution in [2.75, 3.05) is 6.54 Å². The number of amides is 1. The van der Waals surface area contributed by atoms with Crippen molar-refractivity contribution in [1.82, 2.24) is 9.47 Å². The van der Waals surface area contributed by atoms with Crippen LogP contribution in [0.4, 0.5) is 0 Å². The molecule has 2 aromatic heterocycles. The van der Waals surface area contributed by atoms with E-state index in [-0.39, 0.29) is 11.3 Å². The van der Waals surface area contributed by atoms with E-state index in [0.29, 0.717) is 18.8 Å². The molecule has 0 saturated heterocycles. The van der Waals surface area contributed by atoms with Gasteiger partial charge in [-0.15, -0.1) is 0 Å². The molecule has 0 atom stereocenters. The molecule has 0 spiro atoms. The molecule has 1 aromatic carbocycles. The number of hydrogen-bond acceptors (Lipinski definition) is 2. The standard InChI is InChI=1S/C22H24N2O2/c1-22(2,3)17-8-6-16(7-9-17)19-10-11-20(26-19)21(25)24-14-13-23-12-4-5-18(23)15-24/h4-12H,13-15H2,1-3H3. The second-order valence-corrected chi connectivity index (χ2v) is 7.91. The second-order valence-electron chi connectivity index (χ2n) is 7.91. The summed E-state index contributed by atoms with van der Waals surface area (Å²) in [5, 5.41) is 0. The minimum absolute atomic E-state index is 0.0463. The molecule has 1 amide bonds. The van der Waals surface area contributed by atoms with Gasteiger partial charge < -0.3 is 13.9 Å². The molecule has 0 radical (unpaired) electrons. The maximum Gasteiger partial charge on any atom is 0.289 e. The van der Waals surface area contributed by atoms with Crippen molar-refractivity contribution in [3.05, 3.63) is 71.7 Å². The van der Waals surface area contributed by atoms with E-state index in [4.69, 9.17) is 4.42 Å². The maximum atomic E-state index is 12.8. The second kappa shape index (κ2) is 6.20. The van der Waals surface area contributed by atoms with Gasteiger partial charge in [-0.3, -0.25) is 4.79 Å². The van der Waals surface area contributed by atoms with Crippen LogP contribution >= 0.6 is 0 Å². The summed E-state index contributed by atoms with van der Waals surface area (Å²) in [6.45, 7) is 8.75. The predicted octanol–water partition coefficient (Wildman–Crippen LogP) is 4.70. The molecule has 0 N–H and O–H groups in total. The molecule has 134 valence electrons. The molecular weight excluding hydrogens is 324 g/mol. The van der Waals surface area contributed by atoms with E-state index in [1.807, 2.05) is 17.0 Å². The van der Waals surface area contributed by atoms with Gasteiger partial charge in [0, 0.05) is 30.5 Å². The molecule has 3 heterocycles. The van der Waals surface area contributed by atoms with Gasteiger partial charge in [-0.05, 0) is 35.2 Å². The molecule has 1 aliphatic heterocycles. The monoisotopic (exact) mass is 348 g/mol. The molecule has 0 saturated carbocycles. The number of aromatic nitrogens is 1. The minimum Gasteiger partial charge on any atom is -0.451 e. The smallest absolute Gasteiger partial charge is 0.289 e. The largest absolute Gasteiger partial charge is 0.451 e. The Kier molecular flexibility index (Phi) is 3.98. The molecule has 4 nitrogen and oxygen atoms in total. The van der Waals surface area contributed by atoms with Crippen molar-refractivity contribution in [2.24, 2.45) is 0 Å². The number of fused-ring (bicyclic) bond motifs is 1. The van der Waals surface area contributed by atoms with Gasteiger partial charge in [0.1, 0.15) is 5.76 Å². The summed E-state index contributed by atoms with van der Waals surface area (Å²) < 4.78 is 8.07. The molecule has 4 rings (SSSR count). The highest BCUT2D eigenvalue weighted by atomic mass is 16.4. The zero-order valence-electron chi connectivity index (χ0n) is 15.5. The number of carbonyl (C=O) groups excluding carboxylic acids is 1. The van der Waals surface area contributed by atoms with Crippen LogP contribution in [0, 0.1) is 0 Å². The highest BCUT2D eigenvalue weighted by Crippen LogP contribution is 2.28. The quantitative estimate of drug-likeness (QED) is 0.673. The van der Waals surface area contributed by atoms with Gasteiger partial charge in [-0.25, -0.2) is 0 Å². The van der Waals surface area contributed by atoms with Crippen LogP contribution in [0.2, 0.25) is 0 Å². The van der Waals surface area contributed by atoms with E-state index < -0.39 is 0 Å². The Hall–Kier alpha value is -2.75. The van der Waals surface area contributed by atoms with E-state index in [0.717, 1.165) is 23.6 Å². The molecule has 4 heteroatoms. The average molecular weight is 348 g/mol. The predicted molar refractivity (Wildman–Crippen MR) is 102 cm³/mol. The first-order chi connectivity index (χ1) is 12.4. The fraction of sp³-hybridized carbons (Fsp3) is 0.318. The first kappa shape index (κ1) is 16.7. The van der Waals surface area contributed by atoms with Crippen LogP contribution < -0.4 is 0 Å². The Morgan fingerprint density at radius 3 is 2.50 bits per heavy atom. The Bertz CT molecular complexity index is 926. The Morgan fingerprint density at radius 2 is 1.77 bits per heavy atom. The first-order valence-electron chi connectivity index (χ1n) is 9.06. The summed E-state index contributed by atoms with van der Waals surface area (Å²) in [7, 11) is 0. The van der Waals surface area contributed by atoms with Gasteiger partial charge in [0.05, 0.1) is 6.54 Å². The SMILES string of the molecule is CC(C)(C)c1ccc(-c2ccc(C(=O)N3CCn4cccc4C3)o2)cc1. The van der Waals surface area contributed by atoms with E-state index in [9.17, 15) is 4.79 Å². The lowest BCUT2D eigenvalue weighted by molar-refractivity contribution is 0.0680. The normalized spacial score (nSPS) is 14.3. The van der Waals surface area contributed by atoms with Crippen LogP contribution in [0.3, 0.4) is 0 Å². The van der Waals surface area contributed by atoms with Crippen molar-refractivity contribution in [3.8, 4) is 11.3 Å². The summed E-state index contributed by atoms with van der Waals surface area (Å²) >= 11 is 0. The van der Waals surface area contributed by atoms with Crippen molar-refractivity contribution < 1.29 is 9.21 Å². The van der Waals surface area contributed by atoms with Gasteiger partial charge in [0.15, 0.2) is 5.76 Å². The summed E-state index contributed by atoms with van der Waals surface area (Å²) in [4.78, 5) is 14.6. The summed E-state index contributed by atoms with van der Waals surface area (Å²) in [6.07, 6.45) is 2.06. The van der Waals surface area contributed by atoms with Gasteiger partial charge in [0.2, 0.25) is 0 Å². The summed E-state index contributed by atoms with van der Waals surface area (Å²) in [6, 6.07) is 16.1. The number of hydrogen-bond donors (Lipinski definition) is 0. The maximum absolute atomic E-state index is 12.8. The number of rotatable bonds is 2. The lowest BCUT2D eigenvalue weighted by Gasteiger charge is -2.27. The van der Waals surface area contributed by atoms with E-state index in [1.54, 1.807) is 6.07 Å². The van der Waals surface area contributed by atoms with Crippen LogP contribution in [0.25, 0.3) is 11.3 Å². The third-order valence-electron chi connectivity index (χ3n) is 5.03. The van der Waals surface area contributed by atoms with Crippen molar-refractivity contribution in [3.63, 3.8) is 0 Å². The van der Waals surface area contributed by atoms with Crippen molar-refractivity contribution >= 4 is 5.91 Å². The Labute approximate surface area is 154 Å². The van der Waals surface area contributed by atoms with Gasteiger partial charge in [-0.1, -0.05) is 45.0 Å². The zero-order chi connectivity index (χ0) is 18.3. The van der Waals surface area contributed by atoms with E-state index in [1.165, 1.54) is 5.56 Å². The fourth-order valence-corrected chi connectivity index (χ4v) is 3.39. The number of carbonyl (C=O) groups is 1. The molecule has 26 heavy (non-hydrogen) atoms. The Balaban J connectivity index is 1.52. The van der Waals surface area contributed by atoms with Gasteiger partial charge >= 0.3 is 0 Å². The van der Waals surface area contributed by atoms with E-state index in [2.05, 4.69) is 61.9 Å². The highest BCUT2D eigenvalue weighted by molar-refractivity contribution is 5.92. The first-order valence-corrected chi connectivity index (χ1v) is 9.06. The molecular formula is C22H24N2O2.